The predicted molar refractivity (Wildman–Crippen MR) is 78.5 cm³/mol. The molecule has 1 rings (SSSR count). The van der Waals surface area contributed by atoms with E-state index >= 15 is 0 Å². The molecule has 0 saturated heterocycles. The van der Waals surface area contributed by atoms with E-state index in [1.807, 2.05) is 13.8 Å². The maximum atomic E-state index is 13.4. The summed E-state index contributed by atoms with van der Waals surface area (Å²) in [5.74, 6) is -1.04. The predicted octanol–water partition coefficient (Wildman–Crippen LogP) is 2.87. The summed E-state index contributed by atoms with van der Waals surface area (Å²) in [5.41, 5.74) is 4.45. The number of nitrogen functional groups attached to an aromatic ring is 1. The van der Waals surface area contributed by atoms with Crippen LogP contribution in [0, 0.1) is 21.8 Å². The molecule has 0 aromatic heterocycles. The fourth-order valence-electron chi connectivity index (χ4n) is 2.07. The minimum atomic E-state index is -0.865. The summed E-state index contributed by atoms with van der Waals surface area (Å²) in [6, 6.07) is 1.48. The van der Waals surface area contributed by atoms with Crippen LogP contribution in [0.3, 0.4) is 0 Å². The average Bonchev–Trinajstić information content (AvgIpc) is 2.40. The third-order valence-electron chi connectivity index (χ3n) is 3.39. The van der Waals surface area contributed by atoms with Crippen molar-refractivity contribution in [3.05, 3.63) is 33.6 Å². The molecule has 2 unspecified atom stereocenters. The van der Waals surface area contributed by atoms with Gasteiger partial charge in [0.2, 0.25) is 0 Å². The maximum absolute atomic E-state index is 13.4. The van der Waals surface area contributed by atoms with E-state index in [4.69, 9.17) is 5.73 Å². The number of nitrogens with two attached hydrogens (primary N) is 1. The second-order valence-electron chi connectivity index (χ2n) is 5.27. The molecule has 0 bridgehead atoms. The first-order valence-electron chi connectivity index (χ1n) is 6.80. The number of anilines is 1. The van der Waals surface area contributed by atoms with Crippen LogP contribution in [0.25, 0.3) is 0 Å². The van der Waals surface area contributed by atoms with Crippen LogP contribution in [0.2, 0.25) is 0 Å². The lowest BCUT2D eigenvalue weighted by Gasteiger charge is -2.18. The van der Waals surface area contributed by atoms with E-state index in [2.05, 4.69) is 12.2 Å². The van der Waals surface area contributed by atoms with Crippen LogP contribution in [-0.2, 0) is 0 Å². The van der Waals surface area contributed by atoms with Crippen molar-refractivity contribution in [3.8, 4) is 0 Å². The molecule has 1 aromatic rings. The number of hydrogen-bond donors (Lipinski definition) is 2. The van der Waals surface area contributed by atoms with Gasteiger partial charge in [-0.15, -0.1) is 0 Å². The topological polar surface area (TPSA) is 98.3 Å². The van der Waals surface area contributed by atoms with Gasteiger partial charge in [-0.3, -0.25) is 14.9 Å². The zero-order valence-electron chi connectivity index (χ0n) is 12.4. The molecule has 0 aliphatic rings. The average molecular weight is 297 g/mol. The zero-order chi connectivity index (χ0) is 16.2. The molecule has 0 fully saturated rings. The lowest BCUT2D eigenvalue weighted by molar-refractivity contribution is -0.384. The standard InChI is InChI=1S/C14H20FN3O3/c1-4-8(2)5-9(3)17-14(19)11-6-10(15)7-12(13(11)16)18(20)21/h6-9H,4-5,16H2,1-3H3,(H,17,19). The van der Waals surface area contributed by atoms with Crippen molar-refractivity contribution in [1.82, 2.24) is 5.32 Å². The van der Waals surface area contributed by atoms with Gasteiger partial charge in [-0.05, 0) is 25.3 Å². The first-order valence-corrected chi connectivity index (χ1v) is 6.80. The van der Waals surface area contributed by atoms with Gasteiger partial charge in [0.15, 0.2) is 0 Å². The summed E-state index contributed by atoms with van der Waals surface area (Å²) < 4.78 is 13.4. The summed E-state index contributed by atoms with van der Waals surface area (Å²) in [7, 11) is 0. The Labute approximate surface area is 122 Å². The first-order chi connectivity index (χ1) is 9.76. The summed E-state index contributed by atoms with van der Waals surface area (Å²) in [4.78, 5) is 22.1. The zero-order valence-corrected chi connectivity index (χ0v) is 12.4. The minimum absolute atomic E-state index is 0.130. The van der Waals surface area contributed by atoms with E-state index in [1.165, 1.54) is 0 Å². The molecule has 2 atom stereocenters. The van der Waals surface area contributed by atoms with Gasteiger partial charge in [-0.25, -0.2) is 4.39 Å². The van der Waals surface area contributed by atoms with Gasteiger partial charge in [0, 0.05) is 6.04 Å². The maximum Gasteiger partial charge on any atom is 0.295 e. The van der Waals surface area contributed by atoms with Gasteiger partial charge in [-0.1, -0.05) is 20.3 Å². The van der Waals surface area contributed by atoms with Crippen LogP contribution in [0.5, 0.6) is 0 Å². The molecular formula is C14H20FN3O3. The number of benzene rings is 1. The van der Waals surface area contributed by atoms with E-state index in [0.29, 0.717) is 12.0 Å². The number of carbonyl (C=O) groups excluding carboxylic acids is 1. The van der Waals surface area contributed by atoms with Crippen LogP contribution < -0.4 is 11.1 Å². The van der Waals surface area contributed by atoms with Crippen LogP contribution in [-0.4, -0.2) is 16.9 Å². The molecule has 7 heteroatoms. The lowest BCUT2D eigenvalue weighted by atomic mass is 10.00. The molecular weight excluding hydrogens is 277 g/mol. The van der Waals surface area contributed by atoms with Crippen molar-refractivity contribution < 1.29 is 14.1 Å². The Bertz CT molecular complexity index is 549. The highest BCUT2D eigenvalue weighted by molar-refractivity contribution is 6.01. The Morgan fingerprint density at radius 2 is 2.10 bits per heavy atom. The summed E-state index contributed by atoms with van der Waals surface area (Å²) >= 11 is 0. The van der Waals surface area contributed by atoms with Crippen molar-refractivity contribution >= 4 is 17.3 Å². The van der Waals surface area contributed by atoms with Gasteiger partial charge >= 0.3 is 0 Å². The van der Waals surface area contributed by atoms with Crippen LogP contribution in [0.15, 0.2) is 12.1 Å². The Kier molecular flexibility index (Phi) is 5.63. The Morgan fingerprint density at radius 1 is 1.48 bits per heavy atom. The number of nitro benzene ring substituents is 1. The monoisotopic (exact) mass is 297 g/mol. The van der Waals surface area contributed by atoms with E-state index in [1.54, 1.807) is 0 Å². The molecule has 21 heavy (non-hydrogen) atoms. The molecule has 116 valence electrons. The highest BCUT2D eigenvalue weighted by Crippen LogP contribution is 2.26. The summed E-state index contributed by atoms with van der Waals surface area (Å²) in [6.45, 7) is 5.94. The van der Waals surface area contributed by atoms with E-state index < -0.39 is 22.3 Å². The number of rotatable bonds is 6. The number of hydrogen-bond acceptors (Lipinski definition) is 4. The number of nitrogens with one attached hydrogen (secondary N) is 1. The highest BCUT2D eigenvalue weighted by Gasteiger charge is 2.22. The second-order valence-corrected chi connectivity index (χ2v) is 5.27. The number of nitro groups is 1. The van der Waals surface area contributed by atoms with Crippen LogP contribution in [0.4, 0.5) is 15.8 Å². The summed E-state index contributed by atoms with van der Waals surface area (Å²) in [6.07, 6.45) is 1.74. The van der Waals surface area contributed by atoms with Gasteiger partial charge < -0.3 is 11.1 Å². The molecule has 1 aromatic carbocycles. The van der Waals surface area contributed by atoms with E-state index in [0.717, 1.165) is 18.9 Å². The first kappa shape index (κ1) is 16.9. The third-order valence-corrected chi connectivity index (χ3v) is 3.39. The van der Waals surface area contributed by atoms with Crippen molar-refractivity contribution in [1.29, 1.82) is 0 Å². The van der Waals surface area contributed by atoms with Gasteiger partial charge in [0.25, 0.3) is 11.6 Å². The van der Waals surface area contributed by atoms with Crippen molar-refractivity contribution in [2.45, 2.75) is 39.7 Å². The second kappa shape index (κ2) is 7.01. The molecule has 6 nitrogen and oxygen atoms in total. The largest absolute Gasteiger partial charge is 0.393 e. The molecule has 3 N–H and O–H groups in total. The molecule has 0 aliphatic heterocycles. The minimum Gasteiger partial charge on any atom is -0.393 e. The normalized spacial score (nSPS) is 13.5. The number of amides is 1. The fraction of sp³-hybridized carbons (Fsp3) is 0.500. The third kappa shape index (κ3) is 4.40. The number of nitrogens with zero attached hydrogens (tertiary/aromatic N) is 1. The SMILES string of the molecule is CCC(C)CC(C)NC(=O)c1cc(F)cc([N+](=O)[O-])c1N. The Balaban J connectivity index is 2.95. The van der Waals surface area contributed by atoms with Crippen molar-refractivity contribution in [2.75, 3.05) is 5.73 Å². The highest BCUT2D eigenvalue weighted by atomic mass is 19.1. The fourth-order valence-corrected chi connectivity index (χ4v) is 2.07. The molecule has 0 heterocycles. The lowest BCUT2D eigenvalue weighted by Crippen LogP contribution is -2.34. The van der Waals surface area contributed by atoms with E-state index in [9.17, 15) is 19.3 Å². The molecule has 1 amide bonds. The van der Waals surface area contributed by atoms with E-state index in [-0.39, 0.29) is 17.3 Å². The molecule has 0 spiro atoms. The molecule has 0 saturated carbocycles. The Morgan fingerprint density at radius 3 is 2.62 bits per heavy atom. The van der Waals surface area contributed by atoms with Crippen LogP contribution >= 0.6 is 0 Å². The quantitative estimate of drug-likeness (QED) is 0.479. The van der Waals surface area contributed by atoms with Crippen LogP contribution in [0.1, 0.15) is 44.0 Å². The smallest absolute Gasteiger partial charge is 0.295 e. The summed E-state index contributed by atoms with van der Waals surface area (Å²) in [5, 5.41) is 13.5. The molecule has 0 radical (unpaired) electrons. The van der Waals surface area contributed by atoms with Crippen molar-refractivity contribution in [2.24, 2.45) is 5.92 Å². The Hall–Kier alpha value is -2.18. The van der Waals surface area contributed by atoms with Gasteiger partial charge in [0.1, 0.15) is 11.5 Å². The van der Waals surface area contributed by atoms with Gasteiger partial charge in [-0.2, -0.15) is 0 Å². The number of halogens is 1. The number of carbonyl (C=O) groups is 1. The van der Waals surface area contributed by atoms with Crippen molar-refractivity contribution in [3.63, 3.8) is 0 Å². The van der Waals surface area contributed by atoms with Gasteiger partial charge in [0.05, 0.1) is 16.6 Å². The molecule has 0 aliphatic carbocycles.